The zero-order valence-electron chi connectivity index (χ0n) is 8.78. The van der Waals surface area contributed by atoms with Gasteiger partial charge < -0.3 is 0 Å². The maximum absolute atomic E-state index is 2.55. The lowest BCUT2D eigenvalue weighted by molar-refractivity contribution is 0.214. The number of hydrogen-bond acceptors (Lipinski definition) is 0. The van der Waals surface area contributed by atoms with E-state index in [1.54, 1.807) is 6.42 Å². The van der Waals surface area contributed by atoms with Crippen molar-refractivity contribution in [2.24, 2.45) is 28.1 Å². The molecule has 3 rings (SSSR count). The highest BCUT2D eigenvalue weighted by Gasteiger charge is 3.01. The van der Waals surface area contributed by atoms with Gasteiger partial charge in [0.2, 0.25) is 0 Å². The van der Waals surface area contributed by atoms with E-state index < -0.39 is 0 Å². The van der Waals surface area contributed by atoms with E-state index in [1.165, 1.54) is 12.8 Å². The molecule has 0 amide bonds. The Balaban J connectivity index is 1.99. The van der Waals surface area contributed by atoms with Gasteiger partial charge in [0.15, 0.2) is 0 Å². The summed E-state index contributed by atoms with van der Waals surface area (Å²) in [5, 5.41) is 0. The predicted molar refractivity (Wildman–Crippen MR) is 50.8 cm³/mol. The van der Waals surface area contributed by atoms with Gasteiger partial charge in [0, 0.05) is 0 Å². The molecule has 3 aliphatic carbocycles. The Hall–Kier alpha value is 0. The average molecular weight is 164 g/mol. The summed E-state index contributed by atoms with van der Waals surface area (Å²) in [5.74, 6) is 2.07. The first kappa shape index (κ1) is 7.41. The van der Waals surface area contributed by atoms with E-state index in [0.29, 0.717) is 0 Å². The van der Waals surface area contributed by atoms with Gasteiger partial charge in [0.25, 0.3) is 0 Å². The van der Waals surface area contributed by atoms with Crippen molar-refractivity contribution in [1.29, 1.82) is 0 Å². The largest absolute Gasteiger partial charge is 0.0648 e. The van der Waals surface area contributed by atoms with Gasteiger partial charge in [-0.15, -0.1) is 0 Å². The van der Waals surface area contributed by atoms with E-state index >= 15 is 0 Å². The second kappa shape index (κ2) is 1.51. The van der Waals surface area contributed by atoms with E-state index in [4.69, 9.17) is 0 Å². The Bertz CT molecular complexity index is 243. The van der Waals surface area contributed by atoms with Crippen molar-refractivity contribution in [2.75, 3.05) is 0 Å². The van der Waals surface area contributed by atoms with Gasteiger partial charge in [-0.05, 0) is 47.3 Å². The van der Waals surface area contributed by atoms with Gasteiger partial charge in [-0.25, -0.2) is 0 Å². The summed E-state index contributed by atoms with van der Waals surface area (Å²) in [4.78, 5) is 0. The monoisotopic (exact) mass is 164 g/mol. The predicted octanol–water partition coefficient (Wildman–Crippen LogP) is 3.47. The van der Waals surface area contributed by atoms with Gasteiger partial charge in [0.05, 0.1) is 0 Å². The van der Waals surface area contributed by atoms with Crippen LogP contribution in [0.25, 0.3) is 0 Å². The van der Waals surface area contributed by atoms with Crippen LogP contribution in [-0.2, 0) is 0 Å². The third-order valence-corrected chi connectivity index (χ3v) is 6.21. The fourth-order valence-electron chi connectivity index (χ4n) is 5.73. The quantitative estimate of drug-likeness (QED) is 0.556. The van der Waals surface area contributed by atoms with Crippen LogP contribution in [0.5, 0.6) is 0 Å². The molecule has 0 N–H and O–H groups in total. The molecular weight excluding hydrogens is 144 g/mol. The standard InChI is InChI=1S/C12H20/c1-5-11-6-8(2)7-12(11)9(3)10(11,12)4/h8-9H,5-7H2,1-4H3. The van der Waals surface area contributed by atoms with Crippen LogP contribution in [0.4, 0.5) is 0 Å². The average Bonchev–Trinajstić information content (AvgIpc) is 2.65. The topological polar surface area (TPSA) is 0 Å². The molecule has 0 heterocycles. The summed E-state index contributed by atoms with van der Waals surface area (Å²) >= 11 is 0. The van der Waals surface area contributed by atoms with Crippen molar-refractivity contribution in [1.82, 2.24) is 0 Å². The van der Waals surface area contributed by atoms with Crippen molar-refractivity contribution in [3.63, 3.8) is 0 Å². The maximum atomic E-state index is 2.55. The minimum Gasteiger partial charge on any atom is -0.0648 e. The number of hydrogen-bond donors (Lipinski definition) is 0. The molecule has 0 aliphatic heterocycles. The summed E-state index contributed by atoms with van der Waals surface area (Å²) in [6.07, 6.45) is 4.51. The van der Waals surface area contributed by atoms with Gasteiger partial charge >= 0.3 is 0 Å². The van der Waals surface area contributed by atoms with Crippen LogP contribution in [0.1, 0.15) is 47.0 Å². The molecule has 0 aromatic heterocycles. The first-order valence-electron chi connectivity index (χ1n) is 5.57. The SMILES string of the molecule is CCC12CC(C)CC13C(C)C23C. The van der Waals surface area contributed by atoms with E-state index in [1.807, 2.05) is 0 Å². The molecule has 0 heteroatoms. The Morgan fingerprint density at radius 3 is 2.33 bits per heavy atom. The summed E-state index contributed by atoms with van der Waals surface area (Å²) in [7, 11) is 0. The summed E-state index contributed by atoms with van der Waals surface area (Å²) in [6.45, 7) is 9.88. The van der Waals surface area contributed by atoms with Crippen molar-refractivity contribution < 1.29 is 0 Å². The van der Waals surface area contributed by atoms with Crippen LogP contribution in [0, 0.1) is 28.1 Å². The minimum atomic E-state index is 0.793. The molecule has 0 saturated heterocycles. The Labute approximate surface area is 75.7 Å². The highest BCUT2D eigenvalue weighted by atomic mass is 15.0. The van der Waals surface area contributed by atoms with Crippen molar-refractivity contribution in [3.8, 4) is 0 Å². The zero-order chi connectivity index (χ0) is 8.78. The molecule has 3 fully saturated rings. The van der Waals surface area contributed by atoms with Crippen LogP contribution >= 0.6 is 0 Å². The van der Waals surface area contributed by atoms with Crippen molar-refractivity contribution in [2.45, 2.75) is 47.0 Å². The number of fused-ring (bicyclic) bond motifs is 1. The smallest absolute Gasteiger partial charge is 0.0140 e. The molecular formula is C12H20. The zero-order valence-corrected chi connectivity index (χ0v) is 8.78. The van der Waals surface area contributed by atoms with Crippen molar-refractivity contribution in [3.05, 3.63) is 0 Å². The summed E-state index contributed by atoms with van der Waals surface area (Å²) in [6, 6.07) is 0. The minimum absolute atomic E-state index is 0.793. The highest BCUT2D eigenvalue weighted by Crippen LogP contribution is 3.06. The molecule has 5 unspecified atom stereocenters. The van der Waals surface area contributed by atoms with Gasteiger partial charge in [-0.2, -0.15) is 0 Å². The third-order valence-electron chi connectivity index (χ3n) is 6.21. The lowest BCUT2D eigenvalue weighted by Gasteiger charge is -2.27. The van der Waals surface area contributed by atoms with Gasteiger partial charge in [-0.1, -0.05) is 27.7 Å². The number of rotatable bonds is 1. The molecule has 0 aromatic carbocycles. The fraction of sp³-hybridized carbons (Fsp3) is 1.00. The molecule has 5 atom stereocenters. The van der Waals surface area contributed by atoms with Gasteiger partial charge in [0.1, 0.15) is 0 Å². The van der Waals surface area contributed by atoms with Crippen LogP contribution in [-0.4, -0.2) is 0 Å². The molecule has 0 nitrogen and oxygen atoms in total. The van der Waals surface area contributed by atoms with E-state index in [9.17, 15) is 0 Å². The van der Waals surface area contributed by atoms with Crippen LogP contribution in [0.2, 0.25) is 0 Å². The molecule has 0 aromatic rings. The highest BCUT2D eigenvalue weighted by molar-refractivity contribution is 5.48. The normalized spacial score (nSPS) is 72.0. The van der Waals surface area contributed by atoms with Crippen LogP contribution < -0.4 is 0 Å². The summed E-state index contributed by atoms with van der Waals surface area (Å²) in [5.41, 5.74) is 2.45. The van der Waals surface area contributed by atoms with Crippen LogP contribution in [0.15, 0.2) is 0 Å². The molecule has 1 spiro atoms. The molecule has 12 heavy (non-hydrogen) atoms. The summed E-state index contributed by atoms with van der Waals surface area (Å²) < 4.78 is 0. The second-order valence-electron chi connectivity index (χ2n) is 5.84. The van der Waals surface area contributed by atoms with E-state index in [0.717, 1.165) is 28.1 Å². The van der Waals surface area contributed by atoms with Crippen LogP contribution in [0.3, 0.4) is 0 Å². The molecule has 0 radical (unpaired) electrons. The second-order valence-corrected chi connectivity index (χ2v) is 5.84. The molecule has 68 valence electrons. The van der Waals surface area contributed by atoms with E-state index in [-0.39, 0.29) is 0 Å². The fourth-order valence-corrected chi connectivity index (χ4v) is 5.73. The van der Waals surface area contributed by atoms with E-state index in [2.05, 4.69) is 27.7 Å². The van der Waals surface area contributed by atoms with Crippen molar-refractivity contribution >= 4 is 0 Å². The first-order chi connectivity index (χ1) is 5.57. The maximum Gasteiger partial charge on any atom is -0.0140 e. The lowest BCUT2D eigenvalue weighted by atomic mass is 9.77. The third kappa shape index (κ3) is 0.352. The first-order valence-corrected chi connectivity index (χ1v) is 5.57. The lowest BCUT2D eigenvalue weighted by Crippen LogP contribution is -2.20. The Morgan fingerprint density at radius 1 is 1.25 bits per heavy atom. The molecule has 0 bridgehead atoms. The Morgan fingerprint density at radius 2 is 1.92 bits per heavy atom. The molecule has 3 aliphatic rings. The molecule has 3 saturated carbocycles. The van der Waals surface area contributed by atoms with Gasteiger partial charge in [-0.3, -0.25) is 0 Å². The Kier molecular flexibility index (Phi) is 0.932.